The molecule has 2 N–H and O–H groups in total. The lowest BCUT2D eigenvalue weighted by Gasteiger charge is -2.09. The summed E-state index contributed by atoms with van der Waals surface area (Å²) in [7, 11) is -4.09. The van der Waals surface area contributed by atoms with Crippen molar-refractivity contribution in [2.45, 2.75) is 4.90 Å². The van der Waals surface area contributed by atoms with Gasteiger partial charge in [-0.1, -0.05) is 6.07 Å². The normalized spacial score (nSPS) is 11.1. The molecular weight excluding hydrogens is 287 g/mol. The maximum atomic E-state index is 13.0. The molecule has 0 bridgehead atoms. The Balaban J connectivity index is 2.41. The first kappa shape index (κ1) is 13.9. The van der Waals surface area contributed by atoms with Crippen molar-refractivity contribution in [2.24, 2.45) is 0 Å². The van der Waals surface area contributed by atoms with Crippen LogP contribution in [0.4, 0.5) is 10.1 Å². The zero-order valence-electron chi connectivity index (χ0n) is 9.95. The molecule has 1 aromatic carbocycles. The molecule has 0 saturated heterocycles. The topological polar surface area (TPSA) is 96.4 Å². The van der Waals surface area contributed by atoms with Gasteiger partial charge < -0.3 is 5.11 Å². The molecule has 0 aliphatic rings. The molecule has 104 valence electrons. The van der Waals surface area contributed by atoms with Gasteiger partial charge in [0.25, 0.3) is 10.0 Å². The van der Waals surface area contributed by atoms with Crippen molar-refractivity contribution < 1.29 is 22.7 Å². The Hall–Kier alpha value is -2.48. The Morgan fingerprint density at radius 1 is 1.25 bits per heavy atom. The van der Waals surface area contributed by atoms with Crippen LogP contribution < -0.4 is 4.72 Å². The highest BCUT2D eigenvalue weighted by Gasteiger charge is 2.19. The lowest BCUT2D eigenvalue weighted by molar-refractivity contribution is 0.0692. The first-order valence-corrected chi connectivity index (χ1v) is 6.85. The van der Waals surface area contributed by atoms with Gasteiger partial charge in [-0.2, -0.15) is 0 Å². The number of nitrogens with zero attached hydrogens (tertiary/aromatic N) is 1. The fourth-order valence-electron chi connectivity index (χ4n) is 1.50. The van der Waals surface area contributed by atoms with E-state index in [0.29, 0.717) is 0 Å². The Bertz CT molecular complexity index is 762. The molecular formula is C12H9FN2O4S. The number of aromatic carboxylic acids is 1. The first-order valence-electron chi connectivity index (χ1n) is 5.37. The SMILES string of the molecule is O=C(O)c1ncccc1NS(=O)(=O)c1cccc(F)c1. The number of pyridine rings is 1. The molecule has 0 saturated carbocycles. The van der Waals surface area contributed by atoms with Crippen LogP contribution in [0, 0.1) is 5.82 Å². The van der Waals surface area contributed by atoms with E-state index in [2.05, 4.69) is 9.71 Å². The minimum atomic E-state index is -4.09. The monoisotopic (exact) mass is 296 g/mol. The van der Waals surface area contributed by atoms with Gasteiger partial charge in [0.15, 0.2) is 5.69 Å². The van der Waals surface area contributed by atoms with E-state index >= 15 is 0 Å². The number of benzene rings is 1. The number of rotatable bonds is 4. The van der Waals surface area contributed by atoms with Gasteiger partial charge >= 0.3 is 5.97 Å². The zero-order chi connectivity index (χ0) is 14.8. The van der Waals surface area contributed by atoms with Crippen LogP contribution in [-0.4, -0.2) is 24.5 Å². The standard InChI is InChI=1S/C12H9FN2O4S/c13-8-3-1-4-9(7-8)20(18,19)15-10-5-2-6-14-11(10)12(16)17/h1-7,15H,(H,16,17). The van der Waals surface area contributed by atoms with Gasteiger partial charge in [0.2, 0.25) is 0 Å². The number of carbonyl (C=O) groups is 1. The maximum absolute atomic E-state index is 13.0. The van der Waals surface area contributed by atoms with E-state index in [1.54, 1.807) is 0 Å². The van der Waals surface area contributed by atoms with Gasteiger partial charge in [-0.3, -0.25) is 4.72 Å². The largest absolute Gasteiger partial charge is 0.476 e. The second-order valence-electron chi connectivity index (χ2n) is 3.77. The molecule has 0 aliphatic heterocycles. The molecule has 0 unspecified atom stereocenters. The summed E-state index contributed by atoms with van der Waals surface area (Å²) >= 11 is 0. The molecule has 20 heavy (non-hydrogen) atoms. The van der Waals surface area contributed by atoms with E-state index in [1.807, 2.05) is 0 Å². The third-order valence-corrected chi connectivity index (χ3v) is 3.72. The summed E-state index contributed by atoms with van der Waals surface area (Å²) in [5.41, 5.74) is -0.628. The number of hydrogen-bond acceptors (Lipinski definition) is 4. The van der Waals surface area contributed by atoms with Crippen LogP contribution in [0.2, 0.25) is 0 Å². The Morgan fingerprint density at radius 2 is 2.00 bits per heavy atom. The molecule has 0 amide bonds. The van der Waals surface area contributed by atoms with Crippen molar-refractivity contribution in [1.82, 2.24) is 4.98 Å². The number of aromatic nitrogens is 1. The molecule has 0 aliphatic carbocycles. The van der Waals surface area contributed by atoms with Crippen LogP contribution in [0.15, 0.2) is 47.5 Å². The molecule has 2 aromatic rings. The Morgan fingerprint density at radius 3 is 2.65 bits per heavy atom. The molecule has 0 radical (unpaired) electrons. The molecule has 2 rings (SSSR count). The third-order valence-electron chi connectivity index (χ3n) is 2.36. The van der Waals surface area contributed by atoms with Crippen LogP contribution >= 0.6 is 0 Å². The van der Waals surface area contributed by atoms with Crippen LogP contribution in [-0.2, 0) is 10.0 Å². The Kier molecular flexibility index (Phi) is 3.66. The van der Waals surface area contributed by atoms with Gasteiger partial charge in [-0.05, 0) is 30.3 Å². The Labute approximate surface area is 114 Å². The molecule has 6 nitrogen and oxygen atoms in total. The van der Waals surface area contributed by atoms with Crippen molar-refractivity contribution in [3.05, 3.63) is 54.1 Å². The summed E-state index contributed by atoms with van der Waals surface area (Å²) in [6, 6.07) is 7.02. The van der Waals surface area contributed by atoms with Gasteiger partial charge in [0, 0.05) is 6.20 Å². The summed E-state index contributed by atoms with van der Waals surface area (Å²) in [4.78, 5) is 14.2. The minimum absolute atomic E-state index is 0.190. The summed E-state index contributed by atoms with van der Waals surface area (Å²) in [6.07, 6.45) is 1.23. The van der Waals surface area contributed by atoms with Crippen molar-refractivity contribution >= 4 is 21.7 Å². The number of nitrogens with one attached hydrogen (secondary N) is 1. The average molecular weight is 296 g/mol. The van der Waals surface area contributed by atoms with Gasteiger partial charge in [0.1, 0.15) is 5.82 Å². The van der Waals surface area contributed by atoms with Crippen LogP contribution in [0.5, 0.6) is 0 Å². The maximum Gasteiger partial charge on any atom is 0.356 e. The van der Waals surface area contributed by atoms with E-state index in [4.69, 9.17) is 5.11 Å². The van der Waals surface area contributed by atoms with Crippen molar-refractivity contribution in [3.63, 3.8) is 0 Å². The molecule has 0 atom stereocenters. The number of carboxylic acid groups (broad SMARTS) is 1. The van der Waals surface area contributed by atoms with E-state index in [0.717, 1.165) is 12.1 Å². The van der Waals surface area contributed by atoms with Crippen molar-refractivity contribution in [1.29, 1.82) is 0 Å². The zero-order valence-corrected chi connectivity index (χ0v) is 10.8. The summed E-state index contributed by atoms with van der Waals surface area (Å²) in [6.45, 7) is 0. The minimum Gasteiger partial charge on any atom is -0.476 e. The lowest BCUT2D eigenvalue weighted by Crippen LogP contribution is -2.16. The summed E-state index contributed by atoms with van der Waals surface area (Å²) in [5.74, 6) is -2.08. The fourth-order valence-corrected chi connectivity index (χ4v) is 2.59. The number of halogens is 1. The van der Waals surface area contributed by atoms with Crippen LogP contribution in [0.25, 0.3) is 0 Å². The molecule has 1 heterocycles. The van der Waals surface area contributed by atoms with Gasteiger partial charge in [-0.25, -0.2) is 22.6 Å². The van der Waals surface area contributed by atoms with Crippen molar-refractivity contribution in [2.75, 3.05) is 4.72 Å². The summed E-state index contributed by atoms with van der Waals surface area (Å²) in [5, 5.41) is 8.92. The average Bonchev–Trinajstić information content (AvgIpc) is 2.38. The van der Waals surface area contributed by atoms with Gasteiger partial charge in [-0.15, -0.1) is 0 Å². The highest BCUT2D eigenvalue weighted by atomic mass is 32.2. The lowest BCUT2D eigenvalue weighted by atomic mass is 10.3. The van der Waals surface area contributed by atoms with E-state index in [-0.39, 0.29) is 10.6 Å². The second-order valence-corrected chi connectivity index (χ2v) is 5.45. The predicted molar refractivity (Wildman–Crippen MR) is 68.4 cm³/mol. The quantitative estimate of drug-likeness (QED) is 0.895. The smallest absolute Gasteiger partial charge is 0.356 e. The summed E-state index contributed by atoms with van der Waals surface area (Å²) < 4.78 is 39.2. The van der Waals surface area contributed by atoms with E-state index in [9.17, 15) is 17.6 Å². The third kappa shape index (κ3) is 2.91. The van der Waals surface area contributed by atoms with E-state index < -0.39 is 27.5 Å². The first-order chi connectivity index (χ1) is 9.40. The molecule has 0 spiro atoms. The number of hydrogen-bond donors (Lipinski definition) is 2. The second kappa shape index (κ2) is 5.25. The predicted octanol–water partition coefficient (Wildman–Crippen LogP) is 1.72. The highest BCUT2D eigenvalue weighted by molar-refractivity contribution is 7.92. The molecule has 8 heteroatoms. The number of sulfonamides is 1. The van der Waals surface area contributed by atoms with Gasteiger partial charge in [0.05, 0.1) is 10.6 Å². The molecule has 1 aromatic heterocycles. The number of anilines is 1. The van der Waals surface area contributed by atoms with E-state index in [1.165, 1.54) is 30.5 Å². The fraction of sp³-hybridized carbons (Fsp3) is 0. The number of carboxylic acids is 1. The van der Waals surface area contributed by atoms with Crippen LogP contribution in [0.1, 0.15) is 10.5 Å². The van der Waals surface area contributed by atoms with Crippen molar-refractivity contribution in [3.8, 4) is 0 Å². The highest BCUT2D eigenvalue weighted by Crippen LogP contribution is 2.19. The molecule has 0 fully saturated rings. The van der Waals surface area contributed by atoms with Crippen LogP contribution in [0.3, 0.4) is 0 Å².